The van der Waals surface area contributed by atoms with Gasteiger partial charge in [-0.05, 0) is 83.5 Å². The monoisotopic (exact) mass is 1170 g/mol. The number of aliphatic hydroxyl groups excluding tert-OH is 5. The first-order valence-electron chi connectivity index (χ1n) is 35.8. The zero-order valence-electron chi connectivity index (χ0n) is 54.2. The molecule has 1 fully saturated rings. The number of carbonyl (C=O) groups is 2. The van der Waals surface area contributed by atoms with Crippen LogP contribution in [0.4, 0.5) is 0 Å². The number of esters is 1. The quantitative estimate of drug-likeness (QED) is 0.0195. The van der Waals surface area contributed by atoms with Crippen LogP contribution in [-0.4, -0.2) is 100 Å². The third-order valence-corrected chi connectivity index (χ3v) is 17.0. The molecule has 11 heteroatoms. The summed E-state index contributed by atoms with van der Waals surface area (Å²) in [6.07, 6.45) is 68.7. The second-order valence-electron chi connectivity index (χ2n) is 24.9. The highest BCUT2D eigenvalue weighted by molar-refractivity contribution is 5.76. The average Bonchev–Trinajstić information content (AvgIpc) is 3.58. The molecule has 1 rings (SSSR count). The first-order chi connectivity index (χ1) is 40.7. The Kier molecular flexibility index (Phi) is 58.5. The van der Waals surface area contributed by atoms with Gasteiger partial charge in [-0.1, -0.05) is 288 Å². The van der Waals surface area contributed by atoms with Crippen LogP contribution in [0, 0.1) is 0 Å². The van der Waals surface area contributed by atoms with Crippen molar-refractivity contribution in [1.29, 1.82) is 0 Å². The Morgan fingerprint density at radius 2 is 0.771 bits per heavy atom. The second kappa shape index (κ2) is 61.5. The molecular weight excluding hydrogens is 1040 g/mol. The fourth-order valence-electron chi connectivity index (χ4n) is 11.3. The Balaban J connectivity index is 1.90. The molecule has 83 heavy (non-hydrogen) atoms. The lowest BCUT2D eigenvalue weighted by Gasteiger charge is -2.40. The Hall–Kier alpha value is -2.12. The van der Waals surface area contributed by atoms with E-state index < -0.39 is 49.5 Å². The zero-order valence-corrected chi connectivity index (χ0v) is 54.2. The van der Waals surface area contributed by atoms with Gasteiger partial charge in [0, 0.05) is 12.8 Å². The van der Waals surface area contributed by atoms with Crippen LogP contribution < -0.4 is 5.32 Å². The van der Waals surface area contributed by atoms with Gasteiger partial charge < -0.3 is 45.1 Å². The second-order valence-corrected chi connectivity index (χ2v) is 24.9. The summed E-state index contributed by atoms with van der Waals surface area (Å²) in [4.78, 5) is 25.1. The van der Waals surface area contributed by atoms with Crippen LogP contribution in [0.5, 0.6) is 0 Å². The number of rotatable bonds is 63. The summed E-state index contributed by atoms with van der Waals surface area (Å²) in [5.74, 6) is -0.179. The molecule has 11 nitrogen and oxygen atoms in total. The van der Waals surface area contributed by atoms with E-state index in [0.29, 0.717) is 19.4 Å². The van der Waals surface area contributed by atoms with E-state index in [-0.39, 0.29) is 18.5 Å². The number of aliphatic hydroxyl groups is 5. The lowest BCUT2D eigenvalue weighted by Crippen LogP contribution is -2.60. The van der Waals surface area contributed by atoms with Crippen LogP contribution in [0.2, 0.25) is 0 Å². The largest absolute Gasteiger partial charge is 0.466 e. The topological polar surface area (TPSA) is 175 Å². The minimum Gasteiger partial charge on any atom is -0.466 e. The van der Waals surface area contributed by atoms with Crippen molar-refractivity contribution >= 4 is 11.9 Å². The molecule has 1 amide bonds. The normalized spacial score (nSPS) is 18.3. The molecule has 0 aromatic carbocycles. The molecule has 0 saturated carbocycles. The molecule has 0 radical (unpaired) electrons. The summed E-state index contributed by atoms with van der Waals surface area (Å²) in [6.45, 7) is 4.34. The van der Waals surface area contributed by atoms with E-state index >= 15 is 0 Å². The summed E-state index contributed by atoms with van der Waals surface area (Å²) in [6, 6.07) is -0.807. The number of ether oxygens (including phenoxy) is 3. The lowest BCUT2D eigenvalue weighted by molar-refractivity contribution is -0.302. The van der Waals surface area contributed by atoms with Gasteiger partial charge >= 0.3 is 5.97 Å². The number of hydrogen-bond acceptors (Lipinski definition) is 10. The molecule has 0 aromatic heterocycles. The Morgan fingerprint density at radius 3 is 1.16 bits per heavy atom. The van der Waals surface area contributed by atoms with Crippen molar-refractivity contribution in [2.24, 2.45) is 0 Å². The molecule has 7 atom stereocenters. The average molecular weight is 1170 g/mol. The van der Waals surface area contributed by atoms with Gasteiger partial charge in [0.25, 0.3) is 0 Å². The van der Waals surface area contributed by atoms with Crippen LogP contribution >= 0.6 is 0 Å². The van der Waals surface area contributed by atoms with E-state index in [4.69, 9.17) is 14.2 Å². The summed E-state index contributed by atoms with van der Waals surface area (Å²) >= 11 is 0. The van der Waals surface area contributed by atoms with Crippen molar-refractivity contribution in [2.45, 2.75) is 391 Å². The van der Waals surface area contributed by atoms with Crippen LogP contribution in [0.15, 0.2) is 36.5 Å². The van der Waals surface area contributed by atoms with E-state index in [1.165, 1.54) is 263 Å². The van der Waals surface area contributed by atoms with Gasteiger partial charge in [-0.2, -0.15) is 0 Å². The number of carbonyl (C=O) groups excluding carboxylic acids is 2. The Labute approximate surface area is 511 Å². The fraction of sp³-hybridized carbons (Fsp3) is 0.889. The van der Waals surface area contributed by atoms with Crippen molar-refractivity contribution in [3.8, 4) is 0 Å². The van der Waals surface area contributed by atoms with Gasteiger partial charge in [-0.3, -0.25) is 9.59 Å². The zero-order chi connectivity index (χ0) is 60.2. The highest BCUT2D eigenvalue weighted by atomic mass is 16.7. The molecule has 7 unspecified atom stereocenters. The van der Waals surface area contributed by atoms with Crippen molar-refractivity contribution in [1.82, 2.24) is 5.32 Å². The molecule has 1 saturated heterocycles. The fourth-order valence-corrected chi connectivity index (χ4v) is 11.3. The first kappa shape index (κ1) is 78.9. The summed E-state index contributed by atoms with van der Waals surface area (Å²) in [5.41, 5.74) is 0. The maximum atomic E-state index is 13.0. The maximum absolute atomic E-state index is 13.0. The number of amides is 1. The van der Waals surface area contributed by atoms with E-state index in [1.807, 2.05) is 6.08 Å². The molecular formula is C72H135NO10. The molecule has 0 bridgehead atoms. The third-order valence-electron chi connectivity index (χ3n) is 17.0. The highest BCUT2D eigenvalue weighted by Gasteiger charge is 2.44. The van der Waals surface area contributed by atoms with E-state index in [1.54, 1.807) is 6.08 Å². The van der Waals surface area contributed by atoms with Crippen molar-refractivity contribution in [3.05, 3.63) is 36.5 Å². The predicted octanol–water partition coefficient (Wildman–Crippen LogP) is 18.2. The van der Waals surface area contributed by atoms with Crippen molar-refractivity contribution in [2.75, 3.05) is 19.8 Å². The smallest absolute Gasteiger partial charge is 0.305 e. The number of hydrogen-bond donors (Lipinski definition) is 6. The van der Waals surface area contributed by atoms with Gasteiger partial charge in [0.2, 0.25) is 5.91 Å². The molecule has 0 aromatic rings. The molecule has 6 N–H and O–H groups in total. The maximum Gasteiger partial charge on any atom is 0.305 e. The van der Waals surface area contributed by atoms with Crippen LogP contribution in [0.3, 0.4) is 0 Å². The minimum absolute atomic E-state index is 0.00204. The highest BCUT2D eigenvalue weighted by Crippen LogP contribution is 2.23. The summed E-state index contributed by atoms with van der Waals surface area (Å²) in [7, 11) is 0. The minimum atomic E-state index is -1.57. The van der Waals surface area contributed by atoms with Crippen molar-refractivity contribution in [3.63, 3.8) is 0 Å². The number of unbranched alkanes of at least 4 members (excludes halogenated alkanes) is 45. The summed E-state index contributed by atoms with van der Waals surface area (Å²) < 4.78 is 16.7. The predicted molar refractivity (Wildman–Crippen MR) is 347 cm³/mol. The lowest BCUT2D eigenvalue weighted by atomic mass is 9.99. The Bertz CT molecular complexity index is 1470. The van der Waals surface area contributed by atoms with E-state index in [0.717, 1.165) is 57.8 Å². The molecule has 1 aliphatic heterocycles. The first-order valence-corrected chi connectivity index (χ1v) is 35.8. The molecule has 488 valence electrons. The van der Waals surface area contributed by atoms with Gasteiger partial charge in [-0.15, -0.1) is 0 Å². The Morgan fingerprint density at radius 1 is 0.434 bits per heavy atom. The molecule has 0 spiro atoms. The van der Waals surface area contributed by atoms with Crippen LogP contribution in [-0.2, 0) is 23.8 Å². The van der Waals surface area contributed by atoms with Crippen LogP contribution in [0.25, 0.3) is 0 Å². The molecule has 1 heterocycles. The van der Waals surface area contributed by atoms with E-state index in [9.17, 15) is 35.1 Å². The standard InChI is InChI=1S/C72H135NO10/c1-3-5-7-9-11-13-14-15-33-37-40-44-48-52-56-60-68(77)81-61-57-53-49-45-41-38-35-32-30-28-26-24-22-20-18-16-17-19-21-23-25-27-29-31-34-36-39-43-47-51-55-59-67(76)73-64(65(75)58-54-50-46-42-12-10-8-6-4-2)63-82-72-71(80)70(79)69(78)66(62-74)83-72/h15,18,20,33,54,58,64-66,69-72,74-75,78-80H,3-14,16-17,19,21-32,34-53,55-57,59-63H2,1-2H3,(H,73,76)/b20-18-,33-15-,58-54+. The third kappa shape index (κ3) is 50.6. The van der Waals surface area contributed by atoms with Gasteiger partial charge in [-0.25, -0.2) is 0 Å². The van der Waals surface area contributed by atoms with E-state index in [2.05, 4.69) is 43.5 Å². The van der Waals surface area contributed by atoms with Gasteiger partial charge in [0.15, 0.2) is 6.29 Å². The molecule has 1 aliphatic rings. The van der Waals surface area contributed by atoms with Gasteiger partial charge in [0.1, 0.15) is 24.4 Å². The number of allylic oxidation sites excluding steroid dienone is 5. The molecule has 0 aliphatic carbocycles. The van der Waals surface area contributed by atoms with Crippen molar-refractivity contribution < 1.29 is 49.3 Å². The summed E-state index contributed by atoms with van der Waals surface area (Å²) in [5, 5.41) is 54.3. The number of nitrogens with one attached hydrogen (secondary N) is 1. The van der Waals surface area contributed by atoms with Gasteiger partial charge in [0.05, 0.1) is 32.0 Å². The SMILES string of the molecule is CCCCCCCC/C=C\CCCCCCCC(=O)OCCCCCCCCCCCCCC/C=C\CCCCCCCCCCCCCCCCCC(=O)NC(COC1OC(CO)C(O)C(O)C1O)C(O)/C=C/CCCCCCCCC. The van der Waals surface area contributed by atoms with Crippen LogP contribution in [0.1, 0.15) is 348 Å².